The number of aliphatic hydroxyl groups is 1. The zero-order valence-corrected chi connectivity index (χ0v) is 19.1. The number of anilines is 1. The van der Waals surface area contributed by atoms with Gasteiger partial charge in [0.1, 0.15) is 6.23 Å². The summed E-state index contributed by atoms with van der Waals surface area (Å²) in [5, 5.41) is 15.0. The first kappa shape index (κ1) is 22.3. The Labute approximate surface area is 189 Å². The normalized spacial score (nSPS) is 15.6. The average Bonchev–Trinajstić information content (AvgIpc) is 2.77. The van der Waals surface area contributed by atoms with Crippen molar-refractivity contribution in [3.05, 3.63) is 75.2 Å². The Balaban J connectivity index is 1.59. The number of aliphatic hydroxyl groups excluding tert-OH is 1. The van der Waals surface area contributed by atoms with Crippen LogP contribution in [0, 0.1) is 26.7 Å². The molecular formula is C27H32N2O3. The summed E-state index contributed by atoms with van der Waals surface area (Å²) in [6, 6.07) is 11.4. The summed E-state index contributed by atoms with van der Waals surface area (Å²) < 4.78 is 1.45. The second kappa shape index (κ2) is 9.29. The maximum atomic E-state index is 13.2. The molecule has 1 aliphatic rings. The third kappa shape index (κ3) is 4.49. The second-order valence-corrected chi connectivity index (χ2v) is 9.21. The molecule has 1 aliphatic carbocycles. The van der Waals surface area contributed by atoms with Gasteiger partial charge in [0, 0.05) is 28.6 Å². The van der Waals surface area contributed by atoms with Crippen LogP contribution in [-0.2, 0) is 11.2 Å². The van der Waals surface area contributed by atoms with Gasteiger partial charge in [0.05, 0.1) is 6.42 Å². The van der Waals surface area contributed by atoms with Gasteiger partial charge in [-0.15, -0.1) is 0 Å². The Hall–Kier alpha value is -2.92. The van der Waals surface area contributed by atoms with E-state index < -0.39 is 6.23 Å². The highest BCUT2D eigenvalue weighted by molar-refractivity contribution is 6.02. The van der Waals surface area contributed by atoms with E-state index in [2.05, 4.69) is 24.4 Å². The van der Waals surface area contributed by atoms with Crippen molar-refractivity contribution in [3.8, 4) is 0 Å². The molecule has 1 amide bonds. The third-order valence-electron chi connectivity index (χ3n) is 6.78. The summed E-state index contributed by atoms with van der Waals surface area (Å²) in [5.41, 5.74) is 4.83. The Kier molecular flexibility index (Phi) is 6.47. The molecule has 0 spiro atoms. The van der Waals surface area contributed by atoms with E-state index in [0.29, 0.717) is 16.5 Å². The van der Waals surface area contributed by atoms with Crippen molar-refractivity contribution < 1.29 is 9.90 Å². The van der Waals surface area contributed by atoms with Crippen molar-refractivity contribution in [2.45, 2.75) is 65.5 Å². The summed E-state index contributed by atoms with van der Waals surface area (Å²) >= 11 is 0. The van der Waals surface area contributed by atoms with E-state index in [0.717, 1.165) is 42.4 Å². The van der Waals surface area contributed by atoms with Crippen LogP contribution in [0.1, 0.15) is 60.6 Å². The van der Waals surface area contributed by atoms with Gasteiger partial charge in [-0.25, -0.2) is 0 Å². The minimum atomic E-state index is -0.807. The maximum Gasteiger partial charge on any atom is 0.260 e. The van der Waals surface area contributed by atoms with Gasteiger partial charge in [0.15, 0.2) is 0 Å². The number of nitrogens with one attached hydrogen (secondary N) is 1. The van der Waals surface area contributed by atoms with Gasteiger partial charge >= 0.3 is 0 Å². The number of nitrogens with zero attached hydrogens (tertiary/aromatic N) is 1. The van der Waals surface area contributed by atoms with Crippen LogP contribution >= 0.6 is 0 Å². The fourth-order valence-corrected chi connectivity index (χ4v) is 5.11. The summed E-state index contributed by atoms with van der Waals surface area (Å²) in [6.07, 6.45) is 6.41. The molecule has 2 aromatic carbocycles. The van der Waals surface area contributed by atoms with Gasteiger partial charge < -0.3 is 10.4 Å². The lowest BCUT2D eigenvalue weighted by Gasteiger charge is -2.28. The second-order valence-electron chi connectivity index (χ2n) is 9.21. The van der Waals surface area contributed by atoms with Crippen LogP contribution in [0.15, 0.2) is 47.4 Å². The molecule has 0 radical (unpaired) electrons. The maximum absolute atomic E-state index is 13.2. The van der Waals surface area contributed by atoms with Crippen LogP contribution in [0.5, 0.6) is 0 Å². The highest BCUT2D eigenvalue weighted by Gasteiger charge is 2.24. The van der Waals surface area contributed by atoms with Crippen LogP contribution < -0.4 is 10.9 Å². The predicted molar refractivity (Wildman–Crippen MR) is 129 cm³/mol. The number of carbonyl (C=O) groups is 1. The van der Waals surface area contributed by atoms with Gasteiger partial charge in [-0.2, -0.15) is 0 Å². The number of hydrogen-bond acceptors (Lipinski definition) is 3. The summed E-state index contributed by atoms with van der Waals surface area (Å²) in [6.45, 7) is 6.11. The molecule has 1 unspecified atom stereocenters. The fourth-order valence-electron chi connectivity index (χ4n) is 5.11. The molecular weight excluding hydrogens is 400 g/mol. The lowest BCUT2D eigenvalue weighted by Crippen LogP contribution is -2.30. The lowest BCUT2D eigenvalue weighted by atomic mass is 9.88. The molecule has 1 atom stereocenters. The molecule has 0 aliphatic heterocycles. The molecule has 1 saturated carbocycles. The Morgan fingerprint density at radius 3 is 2.44 bits per heavy atom. The minimum Gasteiger partial charge on any atom is -0.373 e. The van der Waals surface area contributed by atoms with E-state index in [9.17, 15) is 14.7 Å². The minimum absolute atomic E-state index is 0.112. The molecule has 3 aromatic rings. The topological polar surface area (TPSA) is 71.3 Å². The van der Waals surface area contributed by atoms with Crippen LogP contribution in [0.4, 0.5) is 5.69 Å². The van der Waals surface area contributed by atoms with Crippen molar-refractivity contribution in [3.63, 3.8) is 0 Å². The number of aromatic nitrogens is 1. The van der Waals surface area contributed by atoms with E-state index in [1.165, 1.54) is 16.6 Å². The number of carbonyl (C=O) groups excluding carboxylic acids is 1. The van der Waals surface area contributed by atoms with E-state index in [4.69, 9.17) is 0 Å². The first-order valence-corrected chi connectivity index (χ1v) is 11.5. The molecule has 168 valence electrons. The number of aryl methyl sites for hydroxylation is 3. The quantitative estimate of drug-likeness (QED) is 0.584. The predicted octanol–water partition coefficient (Wildman–Crippen LogP) is 5.18. The van der Waals surface area contributed by atoms with Crippen LogP contribution in [0.25, 0.3) is 10.8 Å². The molecule has 1 fully saturated rings. The number of pyridine rings is 1. The average molecular weight is 433 g/mol. The molecule has 5 heteroatoms. The van der Waals surface area contributed by atoms with Gasteiger partial charge in [0.2, 0.25) is 5.91 Å². The first-order chi connectivity index (χ1) is 15.3. The standard InChI is InChI=1S/C27H32N2O3/c1-17-14-18(2)23(19(3)15-17)16-25(30)28-24-11-7-10-22-21(24)12-13-29(27(22)32)26(31)20-8-5-4-6-9-20/h7,10-15,20,26,31H,4-6,8-9,16H2,1-3H3,(H,28,30). The number of rotatable bonds is 5. The third-order valence-corrected chi connectivity index (χ3v) is 6.78. The molecule has 0 saturated heterocycles. The van der Waals surface area contributed by atoms with Crippen LogP contribution in [0.2, 0.25) is 0 Å². The summed E-state index contributed by atoms with van der Waals surface area (Å²) in [4.78, 5) is 26.0. The van der Waals surface area contributed by atoms with Crippen LogP contribution in [0.3, 0.4) is 0 Å². The molecule has 5 nitrogen and oxygen atoms in total. The monoisotopic (exact) mass is 432 g/mol. The van der Waals surface area contributed by atoms with Crippen molar-refractivity contribution in [2.24, 2.45) is 5.92 Å². The van der Waals surface area contributed by atoms with Gasteiger partial charge in [-0.3, -0.25) is 14.2 Å². The molecule has 32 heavy (non-hydrogen) atoms. The zero-order valence-electron chi connectivity index (χ0n) is 19.1. The smallest absolute Gasteiger partial charge is 0.260 e. The molecule has 1 aromatic heterocycles. The summed E-state index contributed by atoms with van der Waals surface area (Å²) in [7, 11) is 0. The number of amides is 1. The van der Waals surface area contributed by atoms with Crippen molar-refractivity contribution in [1.82, 2.24) is 4.57 Å². The number of benzene rings is 2. The lowest BCUT2D eigenvalue weighted by molar-refractivity contribution is -0.115. The van der Waals surface area contributed by atoms with Gasteiger partial charge in [-0.1, -0.05) is 43.0 Å². The van der Waals surface area contributed by atoms with Gasteiger partial charge in [0.25, 0.3) is 5.56 Å². The summed E-state index contributed by atoms with van der Waals surface area (Å²) in [5.74, 6) is 0.00162. The Bertz CT molecular complexity index is 1180. The highest BCUT2D eigenvalue weighted by Crippen LogP contribution is 2.31. The zero-order chi connectivity index (χ0) is 22.8. The Morgan fingerprint density at radius 1 is 1.06 bits per heavy atom. The molecule has 4 rings (SSSR count). The largest absolute Gasteiger partial charge is 0.373 e. The SMILES string of the molecule is Cc1cc(C)c(CC(=O)Nc2cccc3c(=O)n(C(O)C4CCCCC4)ccc23)c(C)c1. The van der Waals surface area contributed by atoms with E-state index in [1.54, 1.807) is 18.3 Å². The first-order valence-electron chi connectivity index (χ1n) is 11.5. The number of hydrogen-bond donors (Lipinski definition) is 2. The van der Waals surface area contributed by atoms with Crippen molar-refractivity contribution >= 4 is 22.4 Å². The molecule has 2 N–H and O–H groups in total. The fraction of sp³-hybridized carbons (Fsp3) is 0.407. The van der Waals surface area contributed by atoms with Crippen molar-refractivity contribution in [2.75, 3.05) is 5.32 Å². The number of fused-ring (bicyclic) bond motifs is 1. The highest BCUT2D eigenvalue weighted by atomic mass is 16.3. The van der Waals surface area contributed by atoms with Crippen LogP contribution in [-0.4, -0.2) is 15.6 Å². The molecule has 0 bridgehead atoms. The van der Waals surface area contributed by atoms with E-state index >= 15 is 0 Å². The van der Waals surface area contributed by atoms with Gasteiger partial charge in [-0.05, 0) is 68.5 Å². The molecule has 1 heterocycles. The van der Waals surface area contributed by atoms with E-state index in [-0.39, 0.29) is 23.8 Å². The van der Waals surface area contributed by atoms with E-state index in [1.807, 2.05) is 26.0 Å². The Morgan fingerprint density at radius 2 is 1.75 bits per heavy atom. The van der Waals surface area contributed by atoms with Crippen molar-refractivity contribution in [1.29, 1.82) is 0 Å².